The Balaban J connectivity index is 2.34. The van der Waals surface area contributed by atoms with Crippen LogP contribution in [0.15, 0.2) is 0 Å². The van der Waals surface area contributed by atoms with E-state index >= 15 is 0 Å². The molecule has 0 aromatic rings. The Bertz CT molecular complexity index is 252. The number of nitrogens with one attached hydrogen (secondary N) is 2. The van der Waals surface area contributed by atoms with Gasteiger partial charge in [-0.3, -0.25) is 0 Å². The van der Waals surface area contributed by atoms with Crippen molar-refractivity contribution in [2.75, 3.05) is 13.6 Å². The van der Waals surface area contributed by atoms with Gasteiger partial charge in [-0.2, -0.15) is 8.42 Å². The second kappa shape index (κ2) is 4.36. The number of aliphatic hydroxyl groups excluding tert-OH is 1. The Morgan fingerprint density at radius 1 is 1.46 bits per heavy atom. The van der Waals surface area contributed by atoms with E-state index in [-0.39, 0.29) is 12.0 Å². The molecule has 0 amide bonds. The smallest absolute Gasteiger partial charge is 0.276 e. The van der Waals surface area contributed by atoms with Crippen LogP contribution < -0.4 is 9.44 Å². The van der Waals surface area contributed by atoms with Gasteiger partial charge in [0.05, 0.1) is 6.10 Å². The molecule has 0 spiro atoms. The predicted molar refractivity (Wildman–Crippen MR) is 49.3 cm³/mol. The standard InChI is InChI=1S/C7H16N2O3S/c1-8-13(11,12)9-5-6-3-2-4-7(6)10/h6-10H,2-5H2,1H3. The molecule has 78 valence electrons. The molecule has 1 rings (SSSR count). The molecule has 0 aromatic heterocycles. The predicted octanol–water partition coefficient (Wildman–Crippen LogP) is -0.799. The van der Waals surface area contributed by atoms with Gasteiger partial charge in [-0.1, -0.05) is 6.42 Å². The summed E-state index contributed by atoms with van der Waals surface area (Å²) < 4.78 is 26.5. The molecule has 0 heterocycles. The third-order valence-electron chi connectivity index (χ3n) is 2.42. The monoisotopic (exact) mass is 208 g/mol. The van der Waals surface area contributed by atoms with Gasteiger partial charge in [-0.25, -0.2) is 9.44 Å². The molecule has 3 N–H and O–H groups in total. The first-order chi connectivity index (χ1) is 6.05. The summed E-state index contributed by atoms with van der Waals surface area (Å²) in [5, 5.41) is 9.40. The van der Waals surface area contributed by atoms with E-state index < -0.39 is 10.2 Å². The molecule has 2 unspecified atom stereocenters. The van der Waals surface area contributed by atoms with Crippen molar-refractivity contribution in [1.29, 1.82) is 0 Å². The lowest BCUT2D eigenvalue weighted by molar-refractivity contribution is 0.134. The van der Waals surface area contributed by atoms with Crippen LogP contribution in [-0.4, -0.2) is 33.2 Å². The van der Waals surface area contributed by atoms with Crippen LogP contribution >= 0.6 is 0 Å². The highest BCUT2D eigenvalue weighted by Gasteiger charge is 2.25. The highest BCUT2D eigenvalue weighted by Crippen LogP contribution is 2.24. The van der Waals surface area contributed by atoms with Crippen molar-refractivity contribution >= 4 is 10.2 Å². The zero-order chi connectivity index (χ0) is 9.90. The summed E-state index contributed by atoms with van der Waals surface area (Å²) in [6, 6.07) is 0. The van der Waals surface area contributed by atoms with Crippen molar-refractivity contribution in [1.82, 2.24) is 9.44 Å². The molecule has 2 atom stereocenters. The summed E-state index contributed by atoms with van der Waals surface area (Å²) in [5.41, 5.74) is 0. The van der Waals surface area contributed by atoms with E-state index in [1.807, 2.05) is 0 Å². The van der Waals surface area contributed by atoms with Crippen LogP contribution in [-0.2, 0) is 10.2 Å². The van der Waals surface area contributed by atoms with Gasteiger partial charge in [-0.05, 0) is 18.8 Å². The number of hydrogen-bond acceptors (Lipinski definition) is 3. The first-order valence-corrected chi connectivity index (χ1v) is 5.89. The molecule has 6 heteroatoms. The molecule has 5 nitrogen and oxygen atoms in total. The SMILES string of the molecule is CNS(=O)(=O)NCC1CCCC1O. The van der Waals surface area contributed by atoms with Crippen LogP contribution in [0.25, 0.3) is 0 Å². The van der Waals surface area contributed by atoms with E-state index in [0.29, 0.717) is 6.54 Å². The van der Waals surface area contributed by atoms with Gasteiger partial charge in [0.25, 0.3) is 10.2 Å². The number of aliphatic hydroxyl groups is 1. The minimum atomic E-state index is -3.34. The first kappa shape index (κ1) is 10.9. The fourth-order valence-electron chi connectivity index (χ4n) is 1.54. The van der Waals surface area contributed by atoms with Gasteiger partial charge in [0, 0.05) is 13.6 Å². The fraction of sp³-hybridized carbons (Fsp3) is 1.00. The van der Waals surface area contributed by atoms with Crippen LogP contribution in [0.4, 0.5) is 0 Å². The number of rotatable bonds is 4. The highest BCUT2D eigenvalue weighted by molar-refractivity contribution is 7.87. The van der Waals surface area contributed by atoms with Crippen LogP contribution in [0, 0.1) is 5.92 Å². The summed E-state index contributed by atoms with van der Waals surface area (Å²) in [6.07, 6.45) is 2.31. The normalized spacial score (nSPS) is 29.4. The molecule has 1 aliphatic carbocycles. The van der Waals surface area contributed by atoms with Gasteiger partial charge in [0.15, 0.2) is 0 Å². The van der Waals surface area contributed by atoms with Gasteiger partial charge < -0.3 is 5.11 Å². The first-order valence-electron chi connectivity index (χ1n) is 4.41. The molecule has 1 aliphatic rings. The Labute approximate surface area is 78.7 Å². The third kappa shape index (κ3) is 3.22. The Morgan fingerprint density at radius 3 is 2.62 bits per heavy atom. The van der Waals surface area contributed by atoms with Crippen molar-refractivity contribution in [3.63, 3.8) is 0 Å². The Morgan fingerprint density at radius 2 is 2.15 bits per heavy atom. The van der Waals surface area contributed by atoms with Gasteiger partial charge in [0.1, 0.15) is 0 Å². The van der Waals surface area contributed by atoms with Crippen molar-refractivity contribution in [2.45, 2.75) is 25.4 Å². The molecule has 1 fully saturated rings. The van der Waals surface area contributed by atoms with Crippen molar-refractivity contribution in [3.8, 4) is 0 Å². The Hall–Kier alpha value is -0.170. The molecule has 0 bridgehead atoms. The van der Waals surface area contributed by atoms with E-state index in [4.69, 9.17) is 0 Å². The molecule has 0 aliphatic heterocycles. The summed E-state index contributed by atoms with van der Waals surface area (Å²) in [5.74, 6) is 0.0723. The lowest BCUT2D eigenvalue weighted by Gasteiger charge is -2.14. The van der Waals surface area contributed by atoms with Crippen molar-refractivity contribution in [2.24, 2.45) is 5.92 Å². The Kier molecular flexibility index (Phi) is 3.66. The molecular weight excluding hydrogens is 192 g/mol. The quantitative estimate of drug-likeness (QED) is 0.566. The van der Waals surface area contributed by atoms with E-state index in [1.54, 1.807) is 0 Å². The van der Waals surface area contributed by atoms with Gasteiger partial charge in [0.2, 0.25) is 0 Å². The summed E-state index contributed by atoms with van der Waals surface area (Å²) >= 11 is 0. The van der Waals surface area contributed by atoms with E-state index in [1.165, 1.54) is 7.05 Å². The second-order valence-electron chi connectivity index (χ2n) is 3.31. The highest BCUT2D eigenvalue weighted by atomic mass is 32.2. The van der Waals surface area contributed by atoms with E-state index in [2.05, 4.69) is 9.44 Å². The minimum absolute atomic E-state index is 0.0723. The van der Waals surface area contributed by atoms with Crippen LogP contribution in [0.2, 0.25) is 0 Å². The van der Waals surface area contributed by atoms with Gasteiger partial charge >= 0.3 is 0 Å². The minimum Gasteiger partial charge on any atom is -0.393 e. The summed E-state index contributed by atoms with van der Waals surface area (Å²) in [4.78, 5) is 0. The van der Waals surface area contributed by atoms with E-state index in [0.717, 1.165) is 19.3 Å². The maximum absolute atomic E-state index is 11.0. The van der Waals surface area contributed by atoms with Gasteiger partial charge in [-0.15, -0.1) is 0 Å². The lowest BCUT2D eigenvalue weighted by atomic mass is 10.1. The summed E-state index contributed by atoms with van der Waals surface area (Å²) in [6.45, 7) is 0.324. The zero-order valence-corrected chi connectivity index (χ0v) is 8.47. The molecule has 0 radical (unpaired) electrons. The molecule has 0 aromatic carbocycles. The largest absolute Gasteiger partial charge is 0.393 e. The second-order valence-corrected chi connectivity index (χ2v) is 5.02. The van der Waals surface area contributed by atoms with Crippen molar-refractivity contribution < 1.29 is 13.5 Å². The molecule has 1 saturated carbocycles. The van der Waals surface area contributed by atoms with E-state index in [9.17, 15) is 13.5 Å². The van der Waals surface area contributed by atoms with Crippen LogP contribution in [0.5, 0.6) is 0 Å². The van der Waals surface area contributed by atoms with Crippen LogP contribution in [0.1, 0.15) is 19.3 Å². The fourth-order valence-corrected chi connectivity index (χ4v) is 2.12. The third-order valence-corrected chi connectivity index (χ3v) is 3.51. The maximum atomic E-state index is 11.0. The van der Waals surface area contributed by atoms with Crippen molar-refractivity contribution in [3.05, 3.63) is 0 Å². The molecular formula is C7H16N2O3S. The van der Waals surface area contributed by atoms with Crippen LogP contribution in [0.3, 0.4) is 0 Å². The average Bonchev–Trinajstić information content (AvgIpc) is 2.48. The zero-order valence-electron chi connectivity index (χ0n) is 7.66. The summed E-state index contributed by atoms with van der Waals surface area (Å²) in [7, 11) is -1.99. The maximum Gasteiger partial charge on any atom is 0.276 e. The average molecular weight is 208 g/mol. The molecule has 13 heavy (non-hydrogen) atoms. The number of hydrogen-bond donors (Lipinski definition) is 3. The topological polar surface area (TPSA) is 78.4 Å². The molecule has 0 saturated heterocycles. The lowest BCUT2D eigenvalue weighted by Crippen LogP contribution is -2.38.